The van der Waals surface area contributed by atoms with Gasteiger partial charge >= 0.3 is 0 Å². The number of carbonyl (C=O) groups is 1. The molecule has 1 saturated heterocycles. The number of hydrogen-bond donors (Lipinski definition) is 2. The number of nitrogens with one attached hydrogen (secondary N) is 2. The highest BCUT2D eigenvalue weighted by Gasteiger charge is 2.13. The van der Waals surface area contributed by atoms with Gasteiger partial charge in [-0.3, -0.25) is 4.79 Å². The molecule has 0 saturated carbocycles. The Kier molecular flexibility index (Phi) is 6.60. The largest absolute Gasteiger partial charge is 0.366 e. The molecule has 0 radical (unpaired) electrons. The van der Waals surface area contributed by atoms with Gasteiger partial charge in [0, 0.05) is 32.7 Å². The fourth-order valence-electron chi connectivity index (χ4n) is 1.80. The van der Waals surface area contributed by atoms with E-state index in [0.717, 1.165) is 45.7 Å². The van der Waals surface area contributed by atoms with Crippen molar-refractivity contribution in [3.05, 3.63) is 0 Å². The Morgan fingerprint density at radius 2 is 2.00 bits per heavy atom. The third-order valence-corrected chi connectivity index (χ3v) is 2.82. The number of ether oxygens (including phenoxy) is 1. The van der Waals surface area contributed by atoms with Gasteiger partial charge in [-0.2, -0.15) is 0 Å². The van der Waals surface area contributed by atoms with E-state index in [4.69, 9.17) is 4.74 Å². The predicted molar refractivity (Wildman–Crippen MR) is 72.6 cm³/mol. The molecule has 0 spiro atoms. The average Bonchev–Trinajstić information content (AvgIpc) is 2.33. The Bertz CT molecular complexity index is 245. The maximum atomic E-state index is 11.5. The third kappa shape index (κ3) is 7.63. The Balaban J connectivity index is 1.98. The van der Waals surface area contributed by atoms with Gasteiger partial charge in [-0.05, 0) is 33.7 Å². The predicted octanol–water partition coefficient (Wildman–Crippen LogP) is 0.213. The quantitative estimate of drug-likeness (QED) is 0.668. The van der Waals surface area contributed by atoms with E-state index in [1.807, 2.05) is 20.8 Å². The number of amides is 1. The molecule has 0 aromatic carbocycles. The Labute approximate surface area is 110 Å². The molecule has 1 heterocycles. The van der Waals surface area contributed by atoms with E-state index in [2.05, 4.69) is 15.5 Å². The van der Waals surface area contributed by atoms with E-state index < -0.39 is 0 Å². The van der Waals surface area contributed by atoms with Crippen molar-refractivity contribution in [2.24, 2.45) is 0 Å². The third-order valence-electron chi connectivity index (χ3n) is 2.82. The average molecular weight is 257 g/mol. The van der Waals surface area contributed by atoms with Gasteiger partial charge in [0.15, 0.2) is 0 Å². The van der Waals surface area contributed by atoms with Gasteiger partial charge in [0.25, 0.3) is 0 Å². The lowest BCUT2D eigenvalue weighted by molar-refractivity contribution is -0.130. The minimum Gasteiger partial charge on any atom is -0.366 e. The summed E-state index contributed by atoms with van der Waals surface area (Å²) in [4.78, 5) is 13.9. The van der Waals surface area contributed by atoms with Crippen molar-refractivity contribution in [2.75, 3.05) is 45.9 Å². The summed E-state index contributed by atoms with van der Waals surface area (Å²) in [5.74, 6) is -0.0229. The number of rotatable bonds is 6. The van der Waals surface area contributed by atoms with Crippen LogP contribution in [0.4, 0.5) is 0 Å². The SMILES string of the molecule is CC(C)(C)OCC(=O)NCCCN1CCNCC1. The van der Waals surface area contributed by atoms with E-state index in [1.165, 1.54) is 0 Å². The summed E-state index contributed by atoms with van der Waals surface area (Å²) in [6, 6.07) is 0. The lowest BCUT2D eigenvalue weighted by Crippen LogP contribution is -2.44. The van der Waals surface area contributed by atoms with Gasteiger partial charge in [0.05, 0.1) is 5.60 Å². The van der Waals surface area contributed by atoms with Crippen LogP contribution < -0.4 is 10.6 Å². The molecule has 0 bridgehead atoms. The van der Waals surface area contributed by atoms with Crippen molar-refractivity contribution in [1.82, 2.24) is 15.5 Å². The van der Waals surface area contributed by atoms with Crippen LogP contribution in [0.25, 0.3) is 0 Å². The van der Waals surface area contributed by atoms with Crippen LogP contribution in [0.3, 0.4) is 0 Å². The molecule has 106 valence electrons. The van der Waals surface area contributed by atoms with Crippen LogP contribution in [0, 0.1) is 0 Å². The standard InChI is InChI=1S/C13H27N3O2/c1-13(2,3)18-11-12(17)15-5-4-8-16-9-6-14-7-10-16/h14H,4-11H2,1-3H3,(H,15,17). The van der Waals surface area contributed by atoms with Crippen molar-refractivity contribution in [1.29, 1.82) is 0 Å². The normalized spacial score (nSPS) is 17.7. The van der Waals surface area contributed by atoms with Crippen LogP contribution in [-0.2, 0) is 9.53 Å². The summed E-state index contributed by atoms with van der Waals surface area (Å²) >= 11 is 0. The van der Waals surface area contributed by atoms with Gasteiger partial charge in [-0.15, -0.1) is 0 Å². The highest BCUT2D eigenvalue weighted by molar-refractivity contribution is 5.77. The van der Waals surface area contributed by atoms with Crippen LogP contribution in [-0.4, -0.2) is 62.3 Å². The second-order valence-electron chi connectivity index (χ2n) is 5.70. The Morgan fingerprint density at radius 3 is 2.61 bits per heavy atom. The van der Waals surface area contributed by atoms with Gasteiger partial charge in [0.1, 0.15) is 6.61 Å². The van der Waals surface area contributed by atoms with Crippen molar-refractivity contribution in [3.63, 3.8) is 0 Å². The zero-order valence-electron chi connectivity index (χ0n) is 11.9. The van der Waals surface area contributed by atoms with Crippen LogP contribution in [0.15, 0.2) is 0 Å². The molecule has 5 heteroatoms. The summed E-state index contributed by atoms with van der Waals surface area (Å²) in [5.41, 5.74) is -0.252. The highest BCUT2D eigenvalue weighted by Crippen LogP contribution is 2.05. The fraction of sp³-hybridized carbons (Fsp3) is 0.923. The Hall–Kier alpha value is -0.650. The smallest absolute Gasteiger partial charge is 0.246 e. The van der Waals surface area contributed by atoms with Crippen molar-refractivity contribution in [3.8, 4) is 0 Å². The first-order chi connectivity index (χ1) is 8.47. The minimum atomic E-state index is -0.252. The molecule has 1 aliphatic heterocycles. The topological polar surface area (TPSA) is 53.6 Å². The molecule has 1 rings (SSSR count). The van der Waals surface area contributed by atoms with Crippen molar-refractivity contribution >= 4 is 5.91 Å². The lowest BCUT2D eigenvalue weighted by atomic mass is 10.2. The summed E-state index contributed by atoms with van der Waals surface area (Å²) in [6.07, 6.45) is 1.00. The molecule has 1 amide bonds. The first kappa shape index (κ1) is 15.4. The van der Waals surface area contributed by atoms with Crippen molar-refractivity contribution in [2.45, 2.75) is 32.8 Å². The van der Waals surface area contributed by atoms with E-state index in [9.17, 15) is 4.79 Å². The molecular formula is C13H27N3O2. The highest BCUT2D eigenvalue weighted by atomic mass is 16.5. The first-order valence-corrected chi connectivity index (χ1v) is 6.81. The summed E-state index contributed by atoms with van der Waals surface area (Å²) in [5, 5.41) is 6.21. The zero-order valence-corrected chi connectivity index (χ0v) is 11.9. The molecule has 2 N–H and O–H groups in total. The van der Waals surface area contributed by atoms with Crippen LogP contribution in [0.5, 0.6) is 0 Å². The first-order valence-electron chi connectivity index (χ1n) is 6.81. The monoisotopic (exact) mass is 257 g/mol. The Morgan fingerprint density at radius 1 is 1.33 bits per heavy atom. The van der Waals surface area contributed by atoms with E-state index in [0.29, 0.717) is 0 Å². The number of piperazine rings is 1. The fourth-order valence-corrected chi connectivity index (χ4v) is 1.80. The van der Waals surface area contributed by atoms with E-state index in [-0.39, 0.29) is 18.1 Å². The molecule has 5 nitrogen and oxygen atoms in total. The molecular weight excluding hydrogens is 230 g/mol. The molecule has 0 aromatic heterocycles. The number of carbonyl (C=O) groups excluding carboxylic acids is 1. The second-order valence-corrected chi connectivity index (χ2v) is 5.70. The van der Waals surface area contributed by atoms with E-state index >= 15 is 0 Å². The van der Waals surface area contributed by atoms with Gasteiger partial charge in [-0.25, -0.2) is 0 Å². The number of nitrogens with zero attached hydrogens (tertiary/aromatic N) is 1. The lowest BCUT2D eigenvalue weighted by Gasteiger charge is -2.27. The molecule has 0 aromatic rings. The van der Waals surface area contributed by atoms with Crippen LogP contribution in [0.1, 0.15) is 27.2 Å². The maximum absolute atomic E-state index is 11.5. The minimum absolute atomic E-state index is 0.0229. The van der Waals surface area contributed by atoms with Gasteiger partial charge in [-0.1, -0.05) is 0 Å². The zero-order chi connectivity index (χ0) is 13.4. The second kappa shape index (κ2) is 7.71. The van der Waals surface area contributed by atoms with E-state index in [1.54, 1.807) is 0 Å². The molecule has 0 unspecified atom stereocenters. The van der Waals surface area contributed by atoms with Gasteiger partial charge in [0.2, 0.25) is 5.91 Å². The molecule has 18 heavy (non-hydrogen) atoms. The summed E-state index contributed by atoms with van der Waals surface area (Å²) in [6.45, 7) is 12.2. The maximum Gasteiger partial charge on any atom is 0.246 e. The summed E-state index contributed by atoms with van der Waals surface area (Å²) < 4.78 is 5.41. The van der Waals surface area contributed by atoms with Crippen molar-refractivity contribution < 1.29 is 9.53 Å². The van der Waals surface area contributed by atoms with Crippen LogP contribution in [0.2, 0.25) is 0 Å². The molecule has 0 atom stereocenters. The molecule has 1 fully saturated rings. The molecule has 0 aliphatic carbocycles. The molecule has 1 aliphatic rings. The summed E-state index contributed by atoms with van der Waals surface area (Å²) in [7, 11) is 0. The number of hydrogen-bond acceptors (Lipinski definition) is 4. The van der Waals surface area contributed by atoms with Crippen LogP contribution >= 0.6 is 0 Å². The van der Waals surface area contributed by atoms with Gasteiger partial charge < -0.3 is 20.3 Å².